The first-order valence-corrected chi connectivity index (χ1v) is 6.44. The fraction of sp³-hybridized carbons (Fsp3) is 0.538. The molecule has 1 aliphatic heterocycles. The fourth-order valence-electron chi connectivity index (χ4n) is 2.00. The van der Waals surface area contributed by atoms with Gasteiger partial charge in [0.25, 0.3) is 5.69 Å². The van der Waals surface area contributed by atoms with Crippen LogP contribution in [0.1, 0.15) is 12.8 Å². The van der Waals surface area contributed by atoms with E-state index in [2.05, 4.69) is 5.32 Å². The Balaban J connectivity index is 1.66. The number of hydrogen-bond acceptors (Lipinski definition) is 5. The van der Waals surface area contributed by atoms with E-state index in [-0.39, 0.29) is 5.69 Å². The highest BCUT2D eigenvalue weighted by molar-refractivity contribution is 5.35. The molecule has 6 heteroatoms. The first kappa shape index (κ1) is 13.8. The van der Waals surface area contributed by atoms with Crippen LogP contribution >= 0.6 is 0 Å². The highest BCUT2D eigenvalue weighted by Crippen LogP contribution is 2.17. The summed E-state index contributed by atoms with van der Waals surface area (Å²) in [5.74, 6) is 0.646. The van der Waals surface area contributed by atoms with Crippen LogP contribution in [-0.4, -0.2) is 37.3 Å². The zero-order valence-electron chi connectivity index (χ0n) is 10.7. The summed E-state index contributed by atoms with van der Waals surface area (Å²) in [6.45, 7) is 2.90. The van der Waals surface area contributed by atoms with Crippen molar-refractivity contribution in [3.05, 3.63) is 34.4 Å². The van der Waals surface area contributed by atoms with Gasteiger partial charge in [-0.25, -0.2) is 0 Å². The van der Waals surface area contributed by atoms with Crippen LogP contribution in [0.3, 0.4) is 0 Å². The fourth-order valence-corrected chi connectivity index (χ4v) is 2.00. The molecule has 0 aromatic heterocycles. The predicted molar refractivity (Wildman–Crippen MR) is 70.4 cm³/mol. The van der Waals surface area contributed by atoms with Crippen molar-refractivity contribution in [2.45, 2.75) is 18.9 Å². The van der Waals surface area contributed by atoms with E-state index in [1.165, 1.54) is 12.1 Å². The number of non-ortho nitro benzene ring substituents is 1. The molecule has 1 fully saturated rings. The molecule has 1 unspecified atom stereocenters. The van der Waals surface area contributed by atoms with E-state index in [4.69, 9.17) is 9.47 Å². The van der Waals surface area contributed by atoms with Gasteiger partial charge in [-0.05, 0) is 25.0 Å². The SMILES string of the molecule is O=[N+]([O-])c1ccc(OCCNC2CCCOC2)cc1. The Hall–Kier alpha value is -1.66. The minimum atomic E-state index is -0.422. The van der Waals surface area contributed by atoms with Crippen LogP contribution in [0.15, 0.2) is 24.3 Å². The molecule has 0 saturated carbocycles. The van der Waals surface area contributed by atoms with Gasteiger partial charge in [0, 0.05) is 31.3 Å². The lowest BCUT2D eigenvalue weighted by atomic mass is 10.1. The predicted octanol–water partition coefficient (Wildman–Crippen LogP) is 1.74. The summed E-state index contributed by atoms with van der Waals surface area (Å²) in [6.07, 6.45) is 2.23. The number of nitro groups is 1. The van der Waals surface area contributed by atoms with Crippen LogP contribution in [0, 0.1) is 10.1 Å². The van der Waals surface area contributed by atoms with Crippen molar-refractivity contribution in [1.29, 1.82) is 0 Å². The van der Waals surface area contributed by atoms with Crippen molar-refractivity contribution >= 4 is 5.69 Å². The third kappa shape index (κ3) is 4.50. The summed E-state index contributed by atoms with van der Waals surface area (Å²) >= 11 is 0. The summed E-state index contributed by atoms with van der Waals surface area (Å²) in [5.41, 5.74) is 0.0739. The molecule has 19 heavy (non-hydrogen) atoms. The minimum absolute atomic E-state index is 0.0739. The second-order valence-electron chi connectivity index (χ2n) is 4.47. The molecule has 6 nitrogen and oxygen atoms in total. The number of rotatable bonds is 6. The van der Waals surface area contributed by atoms with E-state index in [9.17, 15) is 10.1 Å². The highest BCUT2D eigenvalue weighted by Gasteiger charge is 2.12. The van der Waals surface area contributed by atoms with Crippen LogP contribution in [0.5, 0.6) is 5.75 Å². The number of hydrogen-bond donors (Lipinski definition) is 1. The van der Waals surface area contributed by atoms with Crippen LogP contribution in [-0.2, 0) is 4.74 Å². The van der Waals surface area contributed by atoms with Crippen LogP contribution in [0.2, 0.25) is 0 Å². The molecule has 0 bridgehead atoms. The Kier molecular flexibility index (Phi) is 5.11. The van der Waals surface area contributed by atoms with Gasteiger partial charge in [0.05, 0.1) is 11.5 Å². The molecule has 0 aliphatic carbocycles. The molecule has 1 atom stereocenters. The van der Waals surface area contributed by atoms with Gasteiger partial charge < -0.3 is 14.8 Å². The highest BCUT2D eigenvalue weighted by atomic mass is 16.6. The normalized spacial score (nSPS) is 19.1. The molecule has 1 N–H and O–H groups in total. The van der Waals surface area contributed by atoms with Gasteiger partial charge in [0.15, 0.2) is 0 Å². The number of ether oxygens (including phenoxy) is 2. The summed E-state index contributed by atoms with van der Waals surface area (Å²) < 4.78 is 10.9. The Bertz CT molecular complexity index is 402. The minimum Gasteiger partial charge on any atom is -0.492 e. The lowest BCUT2D eigenvalue weighted by Crippen LogP contribution is -2.38. The maximum absolute atomic E-state index is 10.5. The van der Waals surface area contributed by atoms with Gasteiger partial charge in [-0.3, -0.25) is 10.1 Å². The summed E-state index contributed by atoms with van der Waals surface area (Å²) in [6, 6.07) is 6.52. The largest absolute Gasteiger partial charge is 0.492 e. The van der Waals surface area contributed by atoms with E-state index in [1.54, 1.807) is 12.1 Å². The lowest BCUT2D eigenvalue weighted by Gasteiger charge is -2.23. The number of benzene rings is 1. The zero-order valence-corrected chi connectivity index (χ0v) is 10.7. The van der Waals surface area contributed by atoms with E-state index in [0.717, 1.165) is 32.6 Å². The van der Waals surface area contributed by atoms with Crippen molar-refractivity contribution < 1.29 is 14.4 Å². The van der Waals surface area contributed by atoms with Gasteiger partial charge in [-0.2, -0.15) is 0 Å². The maximum Gasteiger partial charge on any atom is 0.269 e. The van der Waals surface area contributed by atoms with Gasteiger partial charge in [0.2, 0.25) is 0 Å². The van der Waals surface area contributed by atoms with E-state index in [1.807, 2.05) is 0 Å². The number of nitro benzene ring substituents is 1. The molecular formula is C13H18N2O4. The first-order valence-electron chi connectivity index (χ1n) is 6.44. The molecule has 104 valence electrons. The van der Waals surface area contributed by atoms with Crippen molar-refractivity contribution in [3.8, 4) is 5.75 Å². The van der Waals surface area contributed by atoms with Crippen LogP contribution < -0.4 is 10.1 Å². The molecule has 1 aromatic rings. The summed E-state index contributed by atoms with van der Waals surface area (Å²) in [5, 5.41) is 13.9. The van der Waals surface area contributed by atoms with E-state index < -0.39 is 4.92 Å². The first-order chi connectivity index (χ1) is 9.25. The van der Waals surface area contributed by atoms with E-state index >= 15 is 0 Å². The molecule has 0 amide bonds. The Labute approximate surface area is 111 Å². The standard InChI is InChI=1S/C13H18N2O4/c16-15(17)12-3-5-13(6-4-12)19-9-7-14-11-2-1-8-18-10-11/h3-6,11,14H,1-2,7-10H2. The average molecular weight is 266 g/mol. The Morgan fingerprint density at radius 3 is 2.84 bits per heavy atom. The molecule has 1 aliphatic rings. The molecular weight excluding hydrogens is 248 g/mol. The smallest absolute Gasteiger partial charge is 0.269 e. The second kappa shape index (κ2) is 7.06. The van der Waals surface area contributed by atoms with Gasteiger partial charge >= 0.3 is 0 Å². The summed E-state index contributed by atoms with van der Waals surface area (Å²) in [4.78, 5) is 10.1. The van der Waals surface area contributed by atoms with Crippen molar-refractivity contribution in [3.63, 3.8) is 0 Å². The average Bonchev–Trinajstić information content (AvgIpc) is 2.45. The van der Waals surface area contributed by atoms with Crippen molar-refractivity contribution in [2.24, 2.45) is 0 Å². The number of nitrogens with zero attached hydrogens (tertiary/aromatic N) is 1. The molecule has 1 saturated heterocycles. The van der Waals surface area contributed by atoms with Gasteiger partial charge in [0.1, 0.15) is 12.4 Å². The number of nitrogens with one attached hydrogen (secondary N) is 1. The zero-order chi connectivity index (χ0) is 13.5. The second-order valence-corrected chi connectivity index (χ2v) is 4.47. The lowest BCUT2D eigenvalue weighted by molar-refractivity contribution is -0.384. The third-order valence-corrected chi connectivity index (χ3v) is 3.01. The Morgan fingerprint density at radius 2 is 2.21 bits per heavy atom. The van der Waals surface area contributed by atoms with Crippen molar-refractivity contribution in [2.75, 3.05) is 26.4 Å². The van der Waals surface area contributed by atoms with E-state index in [0.29, 0.717) is 18.4 Å². The Morgan fingerprint density at radius 1 is 1.42 bits per heavy atom. The van der Waals surface area contributed by atoms with Gasteiger partial charge in [-0.15, -0.1) is 0 Å². The summed E-state index contributed by atoms with van der Waals surface area (Å²) in [7, 11) is 0. The van der Waals surface area contributed by atoms with Crippen LogP contribution in [0.4, 0.5) is 5.69 Å². The third-order valence-electron chi connectivity index (χ3n) is 3.01. The topological polar surface area (TPSA) is 73.6 Å². The molecule has 2 rings (SSSR count). The quantitative estimate of drug-likeness (QED) is 0.482. The maximum atomic E-state index is 10.5. The molecule has 1 heterocycles. The van der Waals surface area contributed by atoms with Crippen molar-refractivity contribution in [1.82, 2.24) is 5.32 Å². The molecule has 0 spiro atoms. The molecule has 0 radical (unpaired) electrons. The van der Waals surface area contributed by atoms with Crippen LogP contribution in [0.25, 0.3) is 0 Å². The molecule has 1 aromatic carbocycles. The van der Waals surface area contributed by atoms with Gasteiger partial charge in [-0.1, -0.05) is 0 Å². The monoisotopic (exact) mass is 266 g/mol.